The minimum atomic E-state index is -0.132. The summed E-state index contributed by atoms with van der Waals surface area (Å²) in [6, 6.07) is 0. The summed E-state index contributed by atoms with van der Waals surface area (Å²) in [7, 11) is 3.75. The van der Waals surface area contributed by atoms with E-state index in [1.807, 2.05) is 19.0 Å². The molecule has 0 aromatic heterocycles. The van der Waals surface area contributed by atoms with Crippen molar-refractivity contribution in [1.82, 2.24) is 10.2 Å². The van der Waals surface area contributed by atoms with Gasteiger partial charge in [-0.2, -0.15) is 0 Å². The number of hydrogen-bond acceptors (Lipinski definition) is 4. The fraction of sp³-hybridized carbons (Fsp3) is 0.960. The monoisotopic (exact) mass is 412 g/mol. The zero-order valence-corrected chi connectivity index (χ0v) is 20.1. The van der Waals surface area contributed by atoms with Gasteiger partial charge in [-0.15, -0.1) is 0 Å². The summed E-state index contributed by atoms with van der Waals surface area (Å²) >= 11 is 0. The van der Waals surface area contributed by atoms with Crippen LogP contribution in [0.4, 0.5) is 0 Å². The molecule has 4 heteroatoms. The Labute approximate surface area is 182 Å². The first-order chi connectivity index (χ1) is 14.2. The van der Waals surface area contributed by atoms with E-state index in [4.69, 9.17) is 4.74 Å². The minimum Gasteiger partial charge on any atom is -0.465 e. The molecular formula is C25H52N2O2. The summed E-state index contributed by atoms with van der Waals surface area (Å²) in [6.07, 6.45) is 23.5. The van der Waals surface area contributed by atoms with Crippen LogP contribution in [0.5, 0.6) is 0 Å². The summed E-state index contributed by atoms with van der Waals surface area (Å²) in [5, 5.41) is 3.45. The second kappa shape index (κ2) is 23.7. The van der Waals surface area contributed by atoms with E-state index in [0.717, 1.165) is 19.5 Å². The number of ether oxygens (including phenoxy) is 1. The third kappa shape index (κ3) is 25.4. The highest BCUT2D eigenvalue weighted by molar-refractivity contribution is 5.71. The van der Waals surface area contributed by atoms with Crippen LogP contribution < -0.4 is 5.32 Å². The Morgan fingerprint density at radius 2 is 1.07 bits per heavy atom. The molecular weight excluding hydrogens is 360 g/mol. The van der Waals surface area contributed by atoms with Crippen molar-refractivity contribution in [3.63, 3.8) is 0 Å². The maximum Gasteiger partial charge on any atom is 0.320 e. The number of carbonyl (C=O) groups is 1. The quantitative estimate of drug-likeness (QED) is 0.157. The highest BCUT2D eigenvalue weighted by Gasteiger charge is 2.03. The summed E-state index contributed by atoms with van der Waals surface area (Å²) in [4.78, 5) is 13.2. The number of rotatable bonds is 23. The lowest BCUT2D eigenvalue weighted by Gasteiger charge is -2.09. The van der Waals surface area contributed by atoms with Gasteiger partial charge in [0.2, 0.25) is 0 Å². The van der Waals surface area contributed by atoms with Crippen LogP contribution in [-0.4, -0.2) is 51.2 Å². The lowest BCUT2D eigenvalue weighted by atomic mass is 10.0. The molecule has 0 atom stereocenters. The number of unbranched alkanes of at least 4 members (excludes halogenated alkanes) is 15. The zero-order valence-electron chi connectivity index (χ0n) is 20.1. The van der Waals surface area contributed by atoms with Gasteiger partial charge in [-0.1, -0.05) is 103 Å². The molecule has 0 fully saturated rings. The molecule has 0 aliphatic heterocycles. The average molecular weight is 413 g/mol. The van der Waals surface area contributed by atoms with Gasteiger partial charge in [0.1, 0.15) is 0 Å². The van der Waals surface area contributed by atoms with Gasteiger partial charge in [-0.3, -0.25) is 9.69 Å². The van der Waals surface area contributed by atoms with Gasteiger partial charge >= 0.3 is 5.97 Å². The predicted octanol–water partition coefficient (Wildman–Crippen LogP) is 6.33. The smallest absolute Gasteiger partial charge is 0.320 e. The van der Waals surface area contributed by atoms with Crippen molar-refractivity contribution in [2.45, 2.75) is 116 Å². The van der Waals surface area contributed by atoms with Crippen LogP contribution in [0.25, 0.3) is 0 Å². The molecule has 0 unspecified atom stereocenters. The molecule has 0 aromatic rings. The average Bonchev–Trinajstić information content (AvgIpc) is 2.68. The number of likely N-dealkylation sites (N-methyl/N-ethyl adjacent to an activating group) is 1. The Kier molecular flexibility index (Phi) is 23.2. The topological polar surface area (TPSA) is 41.6 Å². The van der Waals surface area contributed by atoms with E-state index in [0.29, 0.717) is 13.2 Å². The van der Waals surface area contributed by atoms with Gasteiger partial charge < -0.3 is 10.1 Å². The molecule has 0 aromatic carbocycles. The summed E-state index contributed by atoms with van der Waals surface area (Å²) in [6.45, 7) is 5.21. The van der Waals surface area contributed by atoms with Crippen molar-refractivity contribution >= 4 is 5.97 Å². The Bertz CT molecular complexity index is 335. The molecule has 0 spiro atoms. The van der Waals surface area contributed by atoms with Crippen LogP contribution in [0.2, 0.25) is 0 Å². The van der Waals surface area contributed by atoms with E-state index < -0.39 is 0 Å². The van der Waals surface area contributed by atoms with Crippen molar-refractivity contribution < 1.29 is 9.53 Å². The SMILES string of the molecule is CCCCCCCCCCCCCCCCCCNCCCOC(=O)CN(C)C. The predicted molar refractivity (Wildman–Crippen MR) is 127 cm³/mol. The van der Waals surface area contributed by atoms with Gasteiger partial charge in [-0.25, -0.2) is 0 Å². The van der Waals surface area contributed by atoms with Crippen LogP contribution in [0.3, 0.4) is 0 Å². The minimum absolute atomic E-state index is 0.132. The molecule has 0 aliphatic rings. The van der Waals surface area contributed by atoms with Gasteiger partial charge in [0.25, 0.3) is 0 Å². The first kappa shape index (κ1) is 28.4. The second-order valence-electron chi connectivity index (χ2n) is 8.87. The molecule has 0 radical (unpaired) electrons. The zero-order chi connectivity index (χ0) is 21.4. The number of hydrogen-bond donors (Lipinski definition) is 1. The Morgan fingerprint density at radius 3 is 1.52 bits per heavy atom. The fourth-order valence-electron chi connectivity index (χ4n) is 3.61. The van der Waals surface area contributed by atoms with E-state index in [2.05, 4.69) is 12.2 Å². The molecule has 1 N–H and O–H groups in total. The van der Waals surface area contributed by atoms with Crippen LogP contribution in [0.15, 0.2) is 0 Å². The number of nitrogens with one attached hydrogen (secondary N) is 1. The highest BCUT2D eigenvalue weighted by Crippen LogP contribution is 2.13. The molecule has 4 nitrogen and oxygen atoms in total. The highest BCUT2D eigenvalue weighted by atomic mass is 16.5. The van der Waals surface area contributed by atoms with Gasteiger partial charge in [0.05, 0.1) is 13.2 Å². The first-order valence-corrected chi connectivity index (χ1v) is 12.7. The molecule has 0 aliphatic carbocycles. The molecule has 0 saturated carbocycles. The molecule has 0 bridgehead atoms. The van der Waals surface area contributed by atoms with E-state index in [9.17, 15) is 4.79 Å². The molecule has 0 amide bonds. The summed E-state index contributed by atoms with van der Waals surface area (Å²) < 4.78 is 5.17. The van der Waals surface area contributed by atoms with Crippen molar-refractivity contribution in [2.75, 3.05) is 40.3 Å². The van der Waals surface area contributed by atoms with Crippen molar-refractivity contribution in [2.24, 2.45) is 0 Å². The van der Waals surface area contributed by atoms with Crippen LogP contribution >= 0.6 is 0 Å². The fourth-order valence-corrected chi connectivity index (χ4v) is 3.61. The molecule has 0 heterocycles. The van der Waals surface area contributed by atoms with Gasteiger partial charge in [-0.05, 0) is 40.0 Å². The summed E-state index contributed by atoms with van der Waals surface area (Å²) in [5.41, 5.74) is 0. The maximum absolute atomic E-state index is 11.4. The van der Waals surface area contributed by atoms with Crippen LogP contribution in [-0.2, 0) is 9.53 Å². The normalized spacial score (nSPS) is 11.3. The first-order valence-electron chi connectivity index (χ1n) is 12.7. The number of esters is 1. The second-order valence-corrected chi connectivity index (χ2v) is 8.87. The third-order valence-electron chi connectivity index (χ3n) is 5.41. The molecule has 0 rings (SSSR count). The van der Waals surface area contributed by atoms with Gasteiger partial charge in [0, 0.05) is 0 Å². The molecule has 0 saturated heterocycles. The van der Waals surface area contributed by atoms with Gasteiger partial charge in [0.15, 0.2) is 0 Å². The lowest BCUT2D eigenvalue weighted by molar-refractivity contribution is -0.144. The maximum atomic E-state index is 11.4. The third-order valence-corrected chi connectivity index (χ3v) is 5.41. The largest absolute Gasteiger partial charge is 0.465 e. The van der Waals surface area contributed by atoms with Crippen LogP contribution in [0, 0.1) is 0 Å². The summed E-state index contributed by atoms with van der Waals surface area (Å²) in [5.74, 6) is -0.132. The van der Waals surface area contributed by atoms with E-state index in [-0.39, 0.29) is 5.97 Å². The standard InChI is InChI=1S/C25H52N2O2/c1-4-5-6-7-8-9-10-11-12-13-14-15-16-17-18-19-21-26-22-20-23-29-25(28)24-27(2)3/h26H,4-24H2,1-3H3. The Morgan fingerprint density at radius 1 is 0.655 bits per heavy atom. The van der Waals surface area contributed by atoms with E-state index in [1.54, 1.807) is 0 Å². The van der Waals surface area contributed by atoms with E-state index >= 15 is 0 Å². The Balaban J connectivity index is 3.06. The number of nitrogens with zero attached hydrogens (tertiary/aromatic N) is 1. The van der Waals surface area contributed by atoms with Crippen molar-refractivity contribution in [3.05, 3.63) is 0 Å². The van der Waals surface area contributed by atoms with Crippen LogP contribution in [0.1, 0.15) is 116 Å². The van der Waals surface area contributed by atoms with Crippen molar-refractivity contribution in [1.29, 1.82) is 0 Å². The van der Waals surface area contributed by atoms with E-state index in [1.165, 1.54) is 103 Å². The molecule has 29 heavy (non-hydrogen) atoms. The molecule has 174 valence electrons. The Hall–Kier alpha value is -0.610. The lowest BCUT2D eigenvalue weighted by Crippen LogP contribution is -2.25. The number of carbonyl (C=O) groups excluding carboxylic acids is 1. The van der Waals surface area contributed by atoms with Crippen molar-refractivity contribution in [3.8, 4) is 0 Å².